The first-order valence-corrected chi connectivity index (χ1v) is 5.44. The van der Waals surface area contributed by atoms with Crippen LogP contribution in [0.2, 0.25) is 0 Å². The highest BCUT2D eigenvalue weighted by Crippen LogP contribution is 2.27. The molecule has 1 amide bonds. The lowest BCUT2D eigenvalue weighted by Crippen LogP contribution is -2.61. The van der Waals surface area contributed by atoms with Gasteiger partial charge < -0.3 is 20.5 Å². The minimum Gasteiger partial charge on any atom is -0.382 e. The number of nitrogens with one attached hydrogen (secondary N) is 1. The summed E-state index contributed by atoms with van der Waals surface area (Å²) in [5, 5.41) is 2.13. The van der Waals surface area contributed by atoms with Crippen molar-refractivity contribution in [1.29, 1.82) is 0 Å². The highest BCUT2D eigenvalue weighted by atomic mass is 19.4. The number of hydrogen-bond acceptors (Lipinski definition) is 4. The average Bonchev–Trinajstić information content (AvgIpc) is 2.26. The van der Waals surface area contributed by atoms with Crippen LogP contribution in [0.15, 0.2) is 0 Å². The Hall–Kier alpha value is -0.860. The van der Waals surface area contributed by atoms with E-state index in [-0.39, 0.29) is 6.54 Å². The van der Waals surface area contributed by atoms with Gasteiger partial charge in [0.1, 0.15) is 0 Å². The number of amides is 1. The van der Waals surface area contributed by atoms with Crippen molar-refractivity contribution < 1.29 is 27.4 Å². The fourth-order valence-electron chi connectivity index (χ4n) is 0.933. The van der Waals surface area contributed by atoms with E-state index in [1.807, 2.05) is 0 Å². The molecule has 18 heavy (non-hydrogen) atoms. The van der Waals surface area contributed by atoms with Crippen LogP contribution in [-0.2, 0) is 14.3 Å². The summed E-state index contributed by atoms with van der Waals surface area (Å²) in [6.45, 7) is 1.89. The predicted molar refractivity (Wildman–Crippen MR) is 59.0 cm³/mol. The van der Waals surface area contributed by atoms with E-state index < -0.39 is 17.6 Å². The molecule has 0 saturated heterocycles. The van der Waals surface area contributed by atoms with E-state index >= 15 is 0 Å². The molecular weight excluding hydrogens is 253 g/mol. The van der Waals surface area contributed by atoms with Crippen LogP contribution < -0.4 is 11.1 Å². The van der Waals surface area contributed by atoms with Gasteiger partial charge in [0.05, 0.1) is 13.2 Å². The van der Waals surface area contributed by atoms with Crippen LogP contribution in [0, 0.1) is 0 Å². The number of carbonyl (C=O) groups excluding carboxylic acids is 1. The summed E-state index contributed by atoms with van der Waals surface area (Å²) in [5.74, 6) is -1.24. The van der Waals surface area contributed by atoms with Crippen molar-refractivity contribution in [2.45, 2.75) is 25.1 Å². The Labute approximate surface area is 104 Å². The number of alkyl halides is 3. The lowest BCUT2D eigenvalue weighted by atomic mass is 10.0. The number of hydrogen-bond donors (Lipinski definition) is 2. The molecule has 0 bridgehead atoms. The van der Waals surface area contributed by atoms with Gasteiger partial charge in [0.2, 0.25) is 5.91 Å². The van der Waals surface area contributed by atoms with E-state index in [4.69, 9.17) is 15.2 Å². The maximum Gasteiger partial charge on any atom is 0.415 e. The van der Waals surface area contributed by atoms with Crippen molar-refractivity contribution in [3.05, 3.63) is 0 Å². The molecule has 0 saturated carbocycles. The van der Waals surface area contributed by atoms with E-state index in [0.717, 1.165) is 0 Å². The topological polar surface area (TPSA) is 73.6 Å². The van der Waals surface area contributed by atoms with E-state index in [1.165, 1.54) is 7.11 Å². The molecule has 0 heterocycles. The van der Waals surface area contributed by atoms with E-state index in [0.29, 0.717) is 33.2 Å². The second-order valence-corrected chi connectivity index (χ2v) is 3.91. The number of methoxy groups -OCH3 is 1. The lowest BCUT2D eigenvalue weighted by molar-refractivity contribution is -0.187. The van der Waals surface area contributed by atoms with Gasteiger partial charge in [-0.05, 0) is 13.3 Å². The number of ether oxygens (including phenoxy) is 2. The Balaban J connectivity index is 3.78. The Morgan fingerprint density at radius 1 is 1.28 bits per heavy atom. The summed E-state index contributed by atoms with van der Waals surface area (Å²) in [4.78, 5) is 11.2. The van der Waals surface area contributed by atoms with Crippen molar-refractivity contribution in [3.8, 4) is 0 Å². The van der Waals surface area contributed by atoms with Gasteiger partial charge in [-0.2, -0.15) is 13.2 Å². The zero-order valence-electron chi connectivity index (χ0n) is 10.5. The van der Waals surface area contributed by atoms with Crippen molar-refractivity contribution in [2.24, 2.45) is 5.73 Å². The van der Waals surface area contributed by atoms with Crippen molar-refractivity contribution in [2.75, 3.05) is 33.5 Å². The van der Waals surface area contributed by atoms with E-state index in [2.05, 4.69) is 5.32 Å². The van der Waals surface area contributed by atoms with Crippen LogP contribution in [0.1, 0.15) is 13.3 Å². The fourth-order valence-corrected chi connectivity index (χ4v) is 0.933. The van der Waals surface area contributed by atoms with Crippen LogP contribution in [0.4, 0.5) is 13.2 Å². The molecular formula is C10H19F3N2O3. The molecule has 0 aliphatic rings. The van der Waals surface area contributed by atoms with Crippen LogP contribution in [0.25, 0.3) is 0 Å². The van der Waals surface area contributed by atoms with Gasteiger partial charge in [-0.3, -0.25) is 4.79 Å². The number of nitrogens with two attached hydrogens (primary N) is 1. The molecule has 8 heteroatoms. The minimum absolute atomic E-state index is 0.0781. The van der Waals surface area contributed by atoms with Crippen LogP contribution in [-0.4, -0.2) is 51.1 Å². The quantitative estimate of drug-likeness (QED) is 0.629. The third kappa shape index (κ3) is 5.65. The molecule has 0 fully saturated rings. The van der Waals surface area contributed by atoms with Gasteiger partial charge >= 0.3 is 6.18 Å². The van der Waals surface area contributed by atoms with Gasteiger partial charge in [-0.1, -0.05) is 0 Å². The summed E-state index contributed by atoms with van der Waals surface area (Å²) >= 11 is 0. The number of halogens is 3. The third-order valence-corrected chi connectivity index (χ3v) is 2.24. The Bertz CT molecular complexity index is 257. The van der Waals surface area contributed by atoms with Crippen molar-refractivity contribution >= 4 is 5.91 Å². The van der Waals surface area contributed by atoms with Crippen molar-refractivity contribution in [1.82, 2.24) is 5.32 Å². The first-order valence-electron chi connectivity index (χ1n) is 5.44. The minimum atomic E-state index is -4.77. The van der Waals surface area contributed by atoms with Crippen LogP contribution in [0.5, 0.6) is 0 Å². The Kier molecular flexibility index (Phi) is 7.19. The maximum atomic E-state index is 12.4. The molecule has 0 spiro atoms. The van der Waals surface area contributed by atoms with E-state index in [1.54, 1.807) is 0 Å². The smallest absolute Gasteiger partial charge is 0.382 e. The second kappa shape index (κ2) is 7.55. The fraction of sp³-hybridized carbons (Fsp3) is 0.900. The second-order valence-electron chi connectivity index (χ2n) is 3.91. The number of rotatable bonds is 8. The van der Waals surface area contributed by atoms with Gasteiger partial charge in [-0.25, -0.2) is 0 Å². The standard InChI is InChI=1S/C10H19F3N2O3/c1-9(14,10(11,12)13)8(16)15-4-3-5-18-7-6-17-2/h3-7,14H2,1-2H3,(H,15,16). The first kappa shape index (κ1) is 17.1. The molecule has 0 aromatic carbocycles. The average molecular weight is 272 g/mol. The Morgan fingerprint density at radius 2 is 1.89 bits per heavy atom. The molecule has 0 radical (unpaired) electrons. The zero-order valence-corrected chi connectivity index (χ0v) is 10.5. The highest BCUT2D eigenvalue weighted by molar-refractivity contribution is 5.86. The zero-order chi connectivity index (χ0) is 14.2. The number of carbonyl (C=O) groups is 1. The van der Waals surface area contributed by atoms with E-state index in [9.17, 15) is 18.0 Å². The summed E-state index contributed by atoms with van der Waals surface area (Å²) in [7, 11) is 1.53. The first-order chi connectivity index (χ1) is 8.23. The highest BCUT2D eigenvalue weighted by Gasteiger charge is 2.53. The molecule has 3 N–H and O–H groups in total. The molecule has 0 rings (SSSR count). The monoisotopic (exact) mass is 272 g/mol. The molecule has 0 aromatic rings. The summed E-state index contributed by atoms with van der Waals surface area (Å²) in [6, 6.07) is 0. The SMILES string of the molecule is COCCOCCCNC(=O)C(C)(N)C(F)(F)F. The third-order valence-electron chi connectivity index (χ3n) is 2.24. The molecule has 0 aliphatic carbocycles. The molecule has 0 aliphatic heterocycles. The Morgan fingerprint density at radius 3 is 2.39 bits per heavy atom. The van der Waals surface area contributed by atoms with Gasteiger partial charge in [0.25, 0.3) is 0 Å². The lowest BCUT2D eigenvalue weighted by Gasteiger charge is -2.26. The van der Waals surface area contributed by atoms with Crippen LogP contribution >= 0.6 is 0 Å². The molecule has 0 aromatic heterocycles. The maximum absolute atomic E-state index is 12.4. The molecule has 1 unspecified atom stereocenters. The summed E-state index contributed by atoms with van der Waals surface area (Å²) in [5.41, 5.74) is 2.06. The summed E-state index contributed by atoms with van der Waals surface area (Å²) in [6.07, 6.45) is -4.37. The van der Waals surface area contributed by atoms with Crippen LogP contribution in [0.3, 0.4) is 0 Å². The largest absolute Gasteiger partial charge is 0.415 e. The normalized spacial score (nSPS) is 15.2. The molecule has 108 valence electrons. The molecule has 1 atom stereocenters. The van der Waals surface area contributed by atoms with Gasteiger partial charge in [-0.15, -0.1) is 0 Å². The predicted octanol–water partition coefficient (Wildman–Crippen LogP) is 0.435. The summed E-state index contributed by atoms with van der Waals surface area (Å²) < 4.78 is 46.9. The van der Waals surface area contributed by atoms with Gasteiger partial charge in [0, 0.05) is 20.3 Å². The molecule has 5 nitrogen and oxygen atoms in total. The van der Waals surface area contributed by atoms with Crippen molar-refractivity contribution in [3.63, 3.8) is 0 Å². The van der Waals surface area contributed by atoms with Gasteiger partial charge in [0.15, 0.2) is 5.54 Å².